The van der Waals surface area contributed by atoms with Crippen LogP contribution in [0, 0.1) is 0 Å². The van der Waals surface area contributed by atoms with Crippen molar-refractivity contribution in [2.24, 2.45) is 5.10 Å². The molecule has 30 heavy (non-hydrogen) atoms. The molecule has 1 heterocycles. The molecule has 0 radical (unpaired) electrons. The smallest absolute Gasteiger partial charge is 0.279 e. The predicted octanol–water partition coefficient (Wildman–Crippen LogP) is 4.24. The second kappa shape index (κ2) is 8.20. The Kier molecular flexibility index (Phi) is 5.46. The van der Waals surface area contributed by atoms with Crippen molar-refractivity contribution in [1.29, 1.82) is 0 Å². The van der Waals surface area contributed by atoms with Crippen molar-refractivity contribution in [3.8, 4) is 11.5 Å². The number of ether oxygens (including phenoxy) is 2. The highest BCUT2D eigenvalue weighted by atomic mass is 32.2. The highest BCUT2D eigenvalue weighted by Crippen LogP contribution is 2.38. The summed E-state index contributed by atoms with van der Waals surface area (Å²) in [5.74, 6) is 1.24. The number of benzene rings is 3. The SMILES string of the molecule is COc1cc(OC)cc(C2=NN(S(=O)(=O)c3ccccc3)C(c3ccccc3)C2)c1. The van der Waals surface area contributed by atoms with Crippen LogP contribution in [0.1, 0.15) is 23.6 Å². The Bertz CT molecular complexity index is 1140. The fraction of sp³-hybridized carbons (Fsp3) is 0.174. The molecule has 0 spiro atoms. The van der Waals surface area contributed by atoms with Gasteiger partial charge in [-0.05, 0) is 29.8 Å². The molecule has 0 bridgehead atoms. The van der Waals surface area contributed by atoms with Crippen LogP contribution in [0.25, 0.3) is 0 Å². The van der Waals surface area contributed by atoms with Crippen molar-refractivity contribution in [1.82, 2.24) is 4.41 Å². The van der Waals surface area contributed by atoms with E-state index in [1.54, 1.807) is 50.6 Å². The van der Waals surface area contributed by atoms with Crippen LogP contribution in [0.3, 0.4) is 0 Å². The average Bonchev–Trinajstić information content (AvgIpc) is 3.26. The summed E-state index contributed by atoms with van der Waals surface area (Å²) in [6, 6.07) is 22.9. The Morgan fingerprint density at radius 1 is 0.867 bits per heavy atom. The zero-order valence-corrected chi connectivity index (χ0v) is 17.5. The minimum Gasteiger partial charge on any atom is -0.497 e. The number of sulfonamides is 1. The highest BCUT2D eigenvalue weighted by Gasteiger charge is 2.37. The van der Waals surface area contributed by atoms with Gasteiger partial charge in [-0.25, -0.2) is 0 Å². The molecule has 0 saturated carbocycles. The van der Waals surface area contributed by atoms with Crippen molar-refractivity contribution in [2.75, 3.05) is 14.2 Å². The normalized spacial score (nSPS) is 16.3. The van der Waals surface area contributed by atoms with Gasteiger partial charge >= 0.3 is 0 Å². The molecule has 0 aromatic heterocycles. The largest absolute Gasteiger partial charge is 0.497 e. The summed E-state index contributed by atoms with van der Waals surface area (Å²) >= 11 is 0. The molecule has 154 valence electrons. The van der Waals surface area contributed by atoms with Crippen LogP contribution in [0.4, 0.5) is 0 Å². The first-order chi connectivity index (χ1) is 14.5. The van der Waals surface area contributed by atoms with Gasteiger partial charge in [-0.15, -0.1) is 0 Å². The number of hydrogen-bond donors (Lipinski definition) is 0. The van der Waals surface area contributed by atoms with Gasteiger partial charge in [-0.3, -0.25) is 0 Å². The average molecular weight is 423 g/mol. The Labute approximate surface area is 176 Å². The van der Waals surface area contributed by atoms with E-state index in [1.165, 1.54) is 4.41 Å². The first kappa shape index (κ1) is 20.0. The van der Waals surface area contributed by atoms with Gasteiger partial charge in [0.05, 0.1) is 30.9 Å². The fourth-order valence-electron chi connectivity index (χ4n) is 3.48. The van der Waals surface area contributed by atoms with Gasteiger partial charge in [0.25, 0.3) is 10.0 Å². The summed E-state index contributed by atoms with van der Waals surface area (Å²) in [5, 5.41) is 4.57. The fourth-order valence-corrected chi connectivity index (χ4v) is 4.94. The molecule has 0 saturated heterocycles. The zero-order chi connectivity index (χ0) is 21.1. The van der Waals surface area contributed by atoms with Crippen molar-refractivity contribution in [3.05, 3.63) is 90.0 Å². The first-order valence-electron chi connectivity index (χ1n) is 9.48. The molecular weight excluding hydrogens is 400 g/mol. The van der Waals surface area contributed by atoms with E-state index in [9.17, 15) is 8.42 Å². The molecular formula is C23H22N2O4S. The maximum Gasteiger partial charge on any atom is 0.279 e. The molecule has 3 aromatic carbocycles. The lowest BCUT2D eigenvalue weighted by molar-refractivity contribution is 0.371. The molecule has 6 nitrogen and oxygen atoms in total. The van der Waals surface area contributed by atoms with Crippen molar-refractivity contribution >= 4 is 15.7 Å². The van der Waals surface area contributed by atoms with Gasteiger partial charge in [0.15, 0.2) is 0 Å². The Hall–Kier alpha value is -3.32. The molecule has 1 unspecified atom stereocenters. The molecule has 3 aromatic rings. The van der Waals surface area contributed by atoms with E-state index in [0.717, 1.165) is 11.1 Å². The van der Waals surface area contributed by atoms with Crippen LogP contribution < -0.4 is 9.47 Å². The third-order valence-corrected chi connectivity index (χ3v) is 6.73. The maximum atomic E-state index is 13.4. The van der Waals surface area contributed by atoms with Crippen molar-refractivity contribution in [2.45, 2.75) is 17.4 Å². The molecule has 0 fully saturated rings. The lowest BCUT2D eigenvalue weighted by Crippen LogP contribution is -2.27. The molecule has 1 atom stereocenters. The first-order valence-corrected chi connectivity index (χ1v) is 10.9. The highest BCUT2D eigenvalue weighted by molar-refractivity contribution is 7.89. The maximum absolute atomic E-state index is 13.4. The second-order valence-corrected chi connectivity index (χ2v) is 8.66. The minimum atomic E-state index is -3.82. The number of nitrogens with zero attached hydrogens (tertiary/aromatic N) is 2. The molecule has 7 heteroatoms. The number of hydrogen-bond acceptors (Lipinski definition) is 5. The number of methoxy groups -OCH3 is 2. The van der Waals surface area contributed by atoms with Crippen molar-refractivity contribution in [3.63, 3.8) is 0 Å². The van der Waals surface area contributed by atoms with E-state index in [1.807, 2.05) is 42.5 Å². The van der Waals surface area contributed by atoms with Crippen LogP contribution in [-0.4, -0.2) is 32.8 Å². The third kappa shape index (κ3) is 3.76. The lowest BCUT2D eigenvalue weighted by atomic mass is 9.99. The van der Waals surface area contributed by atoms with Gasteiger partial charge in [0.1, 0.15) is 11.5 Å². The topological polar surface area (TPSA) is 68.2 Å². The van der Waals surface area contributed by atoms with E-state index in [2.05, 4.69) is 5.10 Å². The summed E-state index contributed by atoms with van der Waals surface area (Å²) in [6.07, 6.45) is 0.437. The van der Waals surface area contributed by atoms with Crippen LogP contribution in [0.2, 0.25) is 0 Å². The molecule has 1 aliphatic rings. The summed E-state index contributed by atoms with van der Waals surface area (Å²) in [4.78, 5) is 0.208. The Morgan fingerprint density at radius 3 is 2.00 bits per heavy atom. The van der Waals surface area contributed by atoms with E-state index in [0.29, 0.717) is 23.6 Å². The number of rotatable bonds is 6. The second-order valence-electron chi connectivity index (χ2n) is 6.87. The standard InChI is InChI=1S/C23H22N2O4S/c1-28-19-13-18(14-20(15-19)29-2)22-16-23(17-9-5-3-6-10-17)25(24-22)30(26,27)21-11-7-4-8-12-21/h3-15,23H,16H2,1-2H3. The Morgan fingerprint density at radius 2 is 1.43 bits per heavy atom. The van der Waals surface area contributed by atoms with Gasteiger partial charge in [0, 0.05) is 18.1 Å². The summed E-state index contributed by atoms with van der Waals surface area (Å²) < 4.78 is 38.8. The van der Waals surface area contributed by atoms with E-state index in [-0.39, 0.29) is 4.90 Å². The summed E-state index contributed by atoms with van der Waals surface area (Å²) in [6.45, 7) is 0. The molecule has 0 aliphatic carbocycles. The number of hydrazone groups is 1. The quantitative estimate of drug-likeness (QED) is 0.596. The molecule has 0 amide bonds. The van der Waals surface area contributed by atoms with Gasteiger partial charge in [-0.2, -0.15) is 17.9 Å². The molecule has 0 N–H and O–H groups in total. The zero-order valence-electron chi connectivity index (χ0n) is 16.7. The van der Waals surface area contributed by atoms with Gasteiger partial charge in [-0.1, -0.05) is 48.5 Å². The van der Waals surface area contributed by atoms with E-state index < -0.39 is 16.1 Å². The van der Waals surface area contributed by atoms with Crippen LogP contribution >= 0.6 is 0 Å². The Balaban J connectivity index is 1.82. The van der Waals surface area contributed by atoms with E-state index in [4.69, 9.17) is 9.47 Å². The molecule has 4 rings (SSSR count). The van der Waals surface area contributed by atoms with Crippen LogP contribution in [0.5, 0.6) is 11.5 Å². The third-order valence-electron chi connectivity index (χ3n) is 5.03. The summed E-state index contributed by atoms with van der Waals surface area (Å²) in [5.41, 5.74) is 2.30. The van der Waals surface area contributed by atoms with Gasteiger partial charge in [0.2, 0.25) is 0 Å². The lowest BCUT2D eigenvalue weighted by Gasteiger charge is -2.23. The monoisotopic (exact) mass is 422 g/mol. The van der Waals surface area contributed by atoms with E-state index >= 15 is 0 Å². The molecule has 1 aliphatic heterocycles. The predicted molar refractivity (Wildman–Crippen MR) is 115 cm³/mol. The summed E-state index contributed by atoms with van der Waals surface area (Å²) in [7, 11) is -0.670. The minimum absolute atomic E-state index is 0.208. The van der Waals surface area contributed by atoms with Crippen LogP contribution in [0.15, 0.2) is 88.9 Å². The van der Waals surface area contributed by atoms with Crippen molar-refractivity contribution < 1.29 is 17.9 Å². The van der Waals surface area contributed by atoms with Gasteiger partial charge < -0.3 is 9.47 Å². The van der Waals surface area contributed by atoms with Crippen LogP contribution in [-0.2, 0) is 10.0 Å².